The van der Waals surface area contributed by atoms with Crippen molar-refractivity contribution in [1.82, 2.24) is 9.80 Å². The molecule has 1 aromatic rings. The van der Waals surface area contributed by atoms with Crippen molar-refractivity contribution in [2.45, 2.75) is 19.3 Å². The molecule has 1 atom stereocenters. The number of likely N-dealkylation sites (tertiary alicyclic amines) is 1. The van der Waals surface area contributed by atoms with Gasteiger partial charge in [0.25, 0.3) is 0 Å². The maximum Gasteiger partial charge on any atom is 0.227 e. The molecule has 5 nitrogen and oxygen atoms in total. The van der Waals surface area contributed by atoms with E-state index in [2.05, 4.69) is 23.9 Å². The monoisotopic (exact) mass is 346 g/mol. The van der Waals surface area contributed by atoms with E-state index in [0.29, 0.717) is 12.3 Å². The van der Waals surface area contributed by atoms with Crippen LogP contribution in [0.25, 0.3) is 0 Å². The summed E-state index contributed by atoms with van der Waals surface area (Å²) in [5, 5.41) is 0. The van der Waals surface area contributed by atoms with E-state index in [1.807, 2.05) is 24.3 Å². The van der Waals surface area contributed by atoms with Crippen LogP contribution in [0.1, 0.15) is 18.4 Å². The lowest BCUT2D eigenvalue weighted by atomic mass is 9.72. The van der Waals surface area contributed by atoms with E-state index in [0.717, 1.165) is 57.0 Å². The van der Waals surface area contributed by atoms with Gasteiger partial charge in [-0.15, -0.1) is 0 Å². The standard InChI is InChI=1S/C20H30N2O3/c1-21(2)13-17-14-22(15-20(17)7-9-25-10-8-20)19(23)12-16-5-4-6-18(11-16)24-3/h4-6,11,17H,7-10,12-15H2,1-3H3. The summed E-state index contributed by atoms with van der Waals surface area (Å²) in [5.41, 5.74) is 1.24. The Labute approximate surface area is 150 Å². The van der Waals surface area contributed by atoms with Crippen molar-refractivity contribution in [1.29, 1.82) is 0 Å². The zero-order chi connectivity index (χ0) is 17.9. The summed E-state index contributed by atoms with van der Waals surface area (Å²) >= 11 is 0. The van der Waals surface area contributed by atoms with Crippen LogP contribution in [-0.2, 0) is 16.0 Å². The van der Waals surface area contributed by atoms with Gasteiger partial charge in [0, 0.05) is 32.8 Å². The molecule has 0 N–H and O–H groups in total. The Morgan fingerprint density at radius 3 is 2.80 bits per heavy atom. The van der Waals surface area contributed by atoms with Crippen molar-refractivity contribution in [2.24, 2.45) is 11.3 Å². The quantitative estimate of drug-likeness (QED) is 0.818. The first-order chi connectivity index (χ1) is 12.0. The van der Waals surface area contributed by atoms with Gasteiger partial charge < -0.3 is 19.3 Å². The minimum atomic E-state index is 0.223. The van der Waals surface area contributed by atoms with Crippen LogP contribution in [0.15, 0.2) is 24.3 Å². The summed E-state index contributed by atoms with van der Waals surface area (Å²) in [5.74, 6) is 1.55. The van der Waals surface area contributed by atoms with Crippen molar-refractivity contribution in [3.05, 3.63) is 29.8 Å². The first-order valence-corrected chi connectivity index (χ1v) is 9.15. The number of carbonyl (C=O) groups is 1. The minimum absolute atomic E-state index is 0.223. The molecule has 2 heterocycles. The maximum atomic E-state index is 12.9. The summed E-state index contributed by atoms with van der Waals surface area (Å²) in [4.78, 5) is 17.2. The predicted octanol–water partition coefficient (Wildman–Crippen LogP) is 2.05. The molecule has 2 aliphatic heterocycles. The van der Waals surface area contributed by atoms with E-state index >= 15 is 0 Å². The highest BCUT2D eigenvalue weighted by molar-refractivity contribution is 5.79. The van der Waals surface area contributed by atoms with Gasteiger partial charge in [0.05, 0.1) is 13.5 Å². The van der Waals surface area contributed by atoms with Gasteiger partial charge in [0.15, 0.2) is 0 Å². The maximum absolute atomic E-state index is 12.9. The number of methoxy groups -OCH3 is 1. The third-order valence-electron chi connectivity index (χ3n) is 5.73. The predicted molar refractivity (Wildman–Crippen MR) is 97.8 cm³/mol. The molecule has 1 spiro atoms. The molecule has 1 unspecified atom stereocenters. The first kappa shape index (κ1) is 18.2. The average molecular weight is 346 g/mol. The second kappa shape index (κ2) is 7.75. The smallest absolute Gasteiger partial charge is 0.227 e. The Morgan fingerprint density at radius 1 is 1.36 bits per heavy atom. The van der Waals surface area contributed by atoms with Crippen LogP contribution in [0.3, 0.4) is 0 Å². The number of amides is 1. The molecule has 0 radical (unpaired) electrons. The van der Waals surface area contributed by atoms with Crippen molar-refractivity contribution in [3.63, 3.8) is 0 Å². The topological polar surface area (TPSA) is 42.0 Å². The first-order valence-electron chi connectivity index (χ1n) is 9.15. The van der Waals surface area contributed by atoms with Gasteiger partial charge in [-0.2, -0.15) is 0 Å². The zero-order valence-electron chi connectivity index (χ0n) is 15.7. The van der Waals surface area contributed by atoms with Gasteiger partial charge in [-0.3, -0.25) is 4.79 Å². The van der Waals surface area contributed by atoms with E-state index in [1.165, 1.54) is 0 Å². The van der Waals surface area contributed by atoms with Gasteiger partial charge in [-0.05, 0) is 56.0 Å². The largest absolute Gasteiger partial charge is 0.497 e. The molecule has 3 rings (SSSR count). The fourth-order valence-electron chi connectivity index (χ4n) is 4.33. The summed E-state index contributed by atoms with van der Waals surface area (Å²) in [7, 11) is 5.89. The Balaban J connectivity index is 1.70. The van der Waals surface area contributed by atoms with E-state index in [9.17, 15) is 4.79 Å². The molecule has 138 valence electrons. The number of carbonyl (C=O) groups excluding carboxylic acids is 1. The lowest BCUT2D eigenvalue weighted by molar-refractivity contribution is -0.130. The Bertz CT molecular complexity index is 596. The Kier molecular flexibility index (Phi) is 5.64. The van der Waals surface area contributed by atoms with Crippen molar-refractivity contribution < 1.29 is 14.3 Å². The summed E-state index contributed by atoms with van der Waals surface area (Å²) in [6.07, 6.45) is 2.57. The fraction of sp³-hybridized carbons (Fsp3) is 0.650. The van der Waals surface area contributed by atoms with Crippen LogP contribution in [0.2, 0.25) is 0 Å². The molecule has 0 aliphatic carbocycles. The van der Waals surface area contributed by atoms with Crippen molar-refractivity contribution in [2.75, 3.05) is 54.1 Å². The highest BCUT2D eigenvalue weighted by Crippen LogP contribution is 2.44. The van der Waals surface area contributed by atoms with Crippen LogP contribution >= 0.6 is 0 Å². The third-order valence-corrected chi connectivity index (χ3v) is 5.73. The molecule has 1 aromatic carbocycles. The number of benzene rings is 1. The summed E-state index contributed by atoms with van der Waals surface area (Å²) in [6.45, 7) is 4.41. The van der Waals surface area contributed by atoms with E-state index < -0.39 is 0 Å². The van der Waals surface area contributed by atoms with Crippen LogP contribution in [-0.4, -0.2) is 69.8 Å². The SMILES string of the molecule is COc1cccc(CC(=O)N2CC(CN(C)C)C3(CCOCC3)C2)c1. The molecule has 0 aromatic heterocycles. The summed E-state index contributed by atoms with van der Waals surface area (Å²) < 4.78 is 10.9. The molecular formula is C20H30N2O3. The Hall–Kier alpha value is -1.59. The molecule has 25 heavy (non-hydrogen) atoms. The molecule has 2 saturated heterocycles. The van der Waals surface area contributed by atoms with Gasteiger partial charge >= 0.3 is 0 Å². The van der Waals surface area contributed by atoms with E-state index in [-0.39, 0.29) is 11.3 Å². The third kappa shape index (κ3) is 4.15. The second-order valence-corrected chi connectivity index (χ2v) is 7.74. The number of hydrogen-bond donors (Lipinski definition) is 0. The van der Waals surface area contributed by atoms with E-state index in [4.69, 9.17) is 9.47 Å². The Morgan fingerprint density at radius 2 is 2.12 bits per heavy atom. The molecule has 1 amide bonds. The molecule has 2 aliphatic rings. The van der Waals surface area contributed by atoms with Gasteiger partial charge in [-0.25, -0.2) is 0 Å². The van der Waals surface area contributed by atoms with Crippen molar-refractivity contribution in [3.8, 4) is 5.75 Å². The molecular weight excluding hydrogens is 316 g/mol. The average Bonchev–Trinajstić information content (AvgIpc) is 2.93. The number of ether oxygens (including phenoxy) is 2. The molecule has 2 fully saturated rings. The van der Waals surface area contributed by atoms with Gasteiger partial charge in [-0.1, -0.05) is 12.1 Å². The number of hydrogen-bond acceptors (Lipinski definition) is 4. The normalized spacial score (nSPS) is 22.6. The molecule has 5 heteroatoms. The number of nitrogens with zero attached hydrogens (tertiary/aromatic N) is 2. The lowest BCUT2D eigenvalue weighted by Crippen LogP contribution is -2.41. The van der Waals surface area contributed by atoms with Crippen LogP contribution in [0.4, 0.5) is 0 Å². The van der Waals surface area contributed by atoms with Crippen LogP contribution < -0.4 is 4.74 Å². The second-order valence-electron chi connectivity index (χ2n) is 7.74. The molecule has 0 bridgehead atoms. The minimum Gasteiger partial charge on any atom is -0.497 e. The highest BCUT2D eigenvalue weighted by Gasteiger charge is 2.48. The molecule has 0 saturated carbocycles. The fourth-order valence-corrected chi connectivity index (χ4v) is 4.33. The van der Waals surface area contributed by atoms with Crippen LogP contribution in [0, 0.1) is 11.3 Å². The van der Waals surface area contributed by atoms with Gasteiger partial charge in [0.1, 0.15) is 5.75 Å². The summed E-state index contributed by atoms with van der Waals surface area (Å²) in [6, 6.07) is 7.81. The number of rotatable bonds is 5. The van der Waals surface area contributed by atoms with E-state index in [1.54, 1.807) is 7.11 Å². The van der Waals surface area contributed by atoms with Crippen molar-refractivity contribution >= 4 is 5.91 Å². The lowest BCUT2D eigenvalue weighted by Gasteiger charge is -2.38. The highest BCUT2D eigenvalue weighted by atomic mass is 16.5. The zero-order valence-corrected chi connectivity index (χ0v) is 15.7. The van der Waals surface area contributed by atoms with Crippen LogP contribution in [0.5, 0.6) is 5.75 Å². The van der Waals surface area contributed by atoms with Gasteiger partial charge in [0.2, 0.25) is 5.91 Å².